The van der Waals surface area contributed by atoms with Gasteiger partial charge in [-0.25, -0.2) is 9.97 Å². The molecule has 4 heteroatoms. The first-order valence-electron chi connectivity index (χ1n) is 9.90. The Morgan fingerprint density at radius 1 is 0.724 bits per heavy atom. The lowest BCUT2D eigenvalue weighted by atomic mass is 10.2. The van der Waals surface area contributed by atoms with E-state index in [9.17, 15) is 0 Å². The van der Waals surface area contributed by atoms with Crippen LogP contribution in [-0.4, -0.2) is 14.5 Å². The molecule has 0 atom stereocenters. The lowest BCUT2D eigenvalue weighted by molar-refractivity contribution is 0.658. The normalized spacial score (nSPS) is 12.1. The summed E-state index contributed by atoms with van der Waals surface area (Å²) in [7, 11) is 0. The van der Waals surface area contributed by atoms with Crippen LogP contribution in [0.2, 0.25) is 0 Å². The van der Waals surface area contributed by atoms with Crippen LogP contribution in [-0.2, 0) is 0 Å². The molecule has 6 aromatic rings. The minimum atomic E-state index is 0.208. The maximum Gasteiger partial charge on any atom is 0.197 e. The summed E-state index contributed by atoms with van der Waals surface area (Å²) in [5, 5.41) is 3.43. The maximum absolute atomic E-state index is 6.29. The zero-order valence-corrected chi connectivity index (χ0v) is 16.3. The van der Waals surface area contributed by atoms with E-state index in [1.54, 1.807) is 0 Å². The molecule has 0 fully saturated rings. The molecule has 0 N–H and O–H groups in total. The van der Waals surface area contributed by atoms with Gasteiger partial charge in [0.05, 0.1) is 11.0 Å². The highest BCUT2D eigenvalue weighted by molar-refractivity contribution is 6.11. The molecule has 6 rings (SSSR count). The second-order valence-corrected chi connectivity index (χ2v) is 7.71. The fourth-order valence-corrected chi connectivity index (χ4v) is 4.15. The minimum Gasteiger partial charge on any atom is -0.450 e. The summed E-state index contributed by atoms with van der Waals surface area (Å²) in [5.74, 6) is 1.83. The molecule has 3 aromatic carbocycles. The third kappa shape index (κ3) is 2.26. The summed E-state index contributed by atoms with van der Waals surface area (Å²) in [6.45, 7) is 4.25. The summed E-state index contributed by atoms with van der Waals surface area (Å²) in [5.41, 5.74) is 4.66. The predicted molar refractivity (Wildman–Crippen MR) is 118 cm³/mol. The molecule has 0 saturated carbocycles. The molecule has 0 saturated heterocycles. The fourth-order valence-electron chi connectivity index (χ4n) is 4.15. The van der Waals surface area contributed by atoms with Gasteiger partial charge in [0.15, 0.2) is 11.4 Å². The number of fused-ring (bicyclic) bond motifs is 6. The molecule has 0 aliphatic rings. The third-order valence-electron chi connectivity index (χ3n) is 5.53. The molecular formula is C25H19N3O. The average molecular weight is 377 g/mol. The molecule has 0 radical (unpaired) electrons. The highest BCUT2D eigenvalue weighted by atomic mass is 16.3. The zero-order valence-electron chi connectivity index (χ0n) is 16.3. The quantitative estimate of drug-likeness (QED) is 0.342. The van der Waals surface area contributed by atoms with Gasteiger partial charge in [-0.2, -0.15) is 0 Å². The SMILES string of the molecule is CC(C)c1nc(-n2c3ccccc3c3ccccc32)c2oc3ccccc3c2n1. The van der Waals surface area contributed by atoms with Crippen LogP contribution in [0.1, 0.15) is 25.6 Å². The first-order chi connectivity index (χ1) is 14.2. The lowest BCUT2D eigenvalue weighted by Gasteiger charge is -2.11. The van der Waals surface area contributed by atoms with E-state index in [0.717, 1.165) is 44.7 Å². The summed E-state index contributed by atoms with van der Waals surface area (Å²) in [6.07, 6.45) is 0. The number of rotatable bonds is 2. The number of furan rings is 1. The Labute approximate surface area is 167 Å². The molecule has 29 heavy (non-hydrogen) atoms. The Balaban J connectivity index is 1.85. The van der Waals surface area contributed by atoms with Crippen LogP contribution < -0.4 is 0 Å². The van der Waals surface area contributed by atoms with Gasteiger partial charge in [-0.1, -0.05) is 62.4 Å². The number of aromatic nitrogens is 3. The van der Waals surface area contributed by atoms with Gasteiger partial charge in [0.1, 0.15) is 16.9 Å². The molecule has 4 nitrogen and oxygen atoms in total. The van der Waals surface area contributed by atoms with E-state index < -0.39 is 0 Å². The van der Waals surface area contributed by atoms with Crippen LogP contribution in [0.3, 0.4) is 0 Å². The van der Waals surface area contributed by atoms with Crippen LogP contribution in [0.4, 0.5) is 0 Å². The molecule has 0 spiro atoms. The number of nitrogens with zero attached hydrogens (tertiary/aromatic N) is 3. The van der Waals surface area contributed by atoms with Crippen molar-refractivity contribution in [1.29, 1.82) is 0 Å². The highest BCUT2D eigenvalue weighted by Crippen LogP contribution is 2.36. The Bertz CT molecular complexity index is 1490. The number of hydrogen-bond donors (Lipinski definition) is 0. The number of para-hydroxylation sites is 3. The second kappa shape index (κ2) is 5.92. The van der Waals surface area contributed by atoms with Gasteiger partial charge in [0.2, 0.25) is 0 Å². The van der Waals surface area contributed by atoms with Crippen LogP contribution >= 0.6 is 0 Å². The van der Waals surface area contributed by atoms with E-state index in [-0.39, 0.29) is 5.92 Å². The summed E-state index contributed by atoms with van der Waals surface area (Å²) in [6, 6.07) is 25.0. The first kappa shape index (κ1) is 16.3. The highest BCUT2D eigenvalue weighted by Gasteiger charge is 2.21. The van der Waals surface area contributed by atoms with Crippen LogP contribution in [0.15, 0.2) is 77.2 Å². The van der Waals surface area contributed by atoms with Gasteiger partial charge in [0.25, 0.3) is 0 Å². The number of benzene rings is 3. The van der Waals surface area contributed by atoms with Gasteiger partial charge in [-0.3, -0.25) is 4.57 Å². The lowest BCUT2D eigenvalue weighted by Crippen LogP contribution is -2.05. The second-order valence-electron chi connectivity index (χ2n) is 7.71. The smallest absolute Gasteiger partial charge is 0.197 e. The van der Waals surface area contributed by atoms with Crippen molar-refractivity contribution in [2.45, 2.75) is 19.8 Å². The van der Waals surface area contributed by atoms with Gasteiger partial charge in [0, 0.05) is 22.1 Å². The largest absolute Gasteiger partial charge is 0.450 e. The molecule has 3 aromatic heterocycles. The van der Waals surface area contributed by atoms with Gasteiger partial charge >= 0.3 is 0 Å². The molecule has 140 valence electrons. The first-order valence-corrected chi connectivity index (χ1v) is 9.90. The van der Waals surface area contributed by atoms with E-state index in [4.69, 9.17) is 14.4 Å². The molecule has 3 heterocycles. The minimum absolute atomic E-state index is 0.208. The topological polar surface area (TPSA) is 43.9 Å². The number of hydrogen-bond acceptors (Lipinski definition) is 3. The molecular weight excluding hydrogens is 358 g/mol. The average Bonchev–Trinajstić information content (AvgIpc) is 3.29. The van der Waals surface area contributed by atoms with Crippen LogP contribution in [0, 0.1) is 0 Å². The Morgan fingerprint density at radius 2 is 1.31 bits per heavy atom. The van der Waals surface area contributed by atoms with Crippen molar-refractivity contribution in [1.82, 2.24) is 14.5 Å². The Hall–Kier alpha value is -3.66. The van der Waals surface area contributed by atoms with E-state index in [1.807, 2.05) is 18.2 Å². The van der Waals surface area contributed by atoms with Crippen molar-refractivity contribution in [3.05, 3.63) is 78.6 Å². The van der Waals surface area contributed by atoms with Gasteiger partial charge in [-0.15, -0.1) is 0 Å². The summed E-state index contributed by atoms with van der Waals surface area (Å²) < 4.78 is 8.51. The van der Waals surface area contributed by atoms with Crippen LogP contribution in [0.25, 0.3) is 49.7 Å². The standard InChI is InChI=1S/C25H19N3O/c1-15(2)24-26-22-18-11-5-8-14-21(18)29-23(22)25(27-24)28-19-12-6-3-9-16(19)17-10-4-7-13-20(17)28/h3-15H,1-2H3. The third-order valence-corrected chi connectivity index (χ3v) is 5.53. The molecule has 0 unspecified atom stereocenters. The maximum atomic E-state index is 6.29. The molecule has 0 bridgehead atoms. The van der Waals surface area contributed by atoms with Crippen LogP contribution in [0.5, 0.6) is 0 Å². The van der Waals surface area contributed by atoms with Crippen molar-refractivity contribution in [2.24, 2.45) is 0 Å². The Kier molecular flexibility index (Phi) is 3.33. The summed E-state index contributed by atoms with van der Waals surface area (Å²) >= 11 is 0. The van der Waals surface area contributed by atoms with E-state index in [1.165, 1.54) is 10.8 Å². The van der Waals surface area contributed by atoms with E-state index in [0.29, 0.717) is 0 Å². The molecule has 0 aliphatic carbocycles. The summed E-state index contributed by atoms with van der Waals surface area (Å²) in [4.78, 5) is 9.87. The fraction of sp³-hybridized carbons (Fsp3) is 0.120. The van der Waals surface area contributed by atoms with Crippen molar-refractivity contribution < 1.29 is 4.42 Å². The molecule has 0 aliphatic heterocycles. The van der Waals surface area contributed by atoms with Crippen molar-refractivity contribution in [3.8, 4) is 5.82 Å². The van der Waals surface area contributed by atoms with Crippen molar-refractivity contribution >= 4 is 43.9 Å². The Morgan fingerprint density at radius 3 is 1.97 bits per heavy atom. The van der Waals surface area contributed by atoms with E-state index in [2.05, 4.69) is 73.0 Å². The van der Waals surface area contributed by atoms with Gasteiger partial charge < -0.3 is 4.42 Å². The monoisotopic (exact) mass is 377 g/mol. The molecule has 0 amide bonds. The van der Waals surface area contributed by atoms with Crippen molar-refractivity contribution in [3.63, 3.8) is 0 Å². The van der Waals surface area contributed by atoms with Gasteiger partial charge in [-0.05, 0) is 24.3 Å². The van der Waals surface area contributed by atoms with Crippen molar-refractivity contribution in [2.75, 3.05) is 0 Å². The van der Waals surface area contributed by atoms with E-state index >= 15 is 0 Å². The zero-order chi connectivity index (χ0) is 19.5. The predicted octanol–water partition coefficient (Wildman–Crippen LogP) is 6.60.